The molecule has 0 fully saturated rings. The first-order valence-corrected chi connectivity index (χ1v) is 2.06. The Balaban J connectivity index is 2.76. The second-order valence-corrected chi connectivity index (χ2v) is 1.24. The zero-order valence-corrected chi connectivity index (χ0v) is 3.79. The van der Waals surface area contributed by atoms with Crippen molar-refractivity contribution in [3.8, 4) is 0 Å². The lowest BCUT2D eigenvalue weighted by Crippen LogP contribution is -1.72. The molecule has 0 atom stereocenters. The predicted octanol–water partition coefficient (Wildman–Crippen LogP) is 0.772. The SMILES string of the molecule is O[13CH2][13c]1[13cH][13cH][13cH]o1. The highest BCUT2D eigenvalue weighted by Crippen LogP contribution is 1.96. The molecule has 0 aliphatic heterocycles. The van der Waals surface area contributed by atoms with E-state index in [1.54, 1.807) is 12.1 Å². The summed E-state index contributed by atoms with van der Waals surface area (Å²) in [7, 11) is 0. The van der Waals surface area contributed by atoms with Gasteiger partial charge in [-0.05, 0) is 12.1 Å². The molecule has 1 aromatic heterocycles. The van der Waals surface area contributed by atoms with Gasteiger partial charge in [0.2, 0.25) is 0 Å². The van der Waals surface area contributed by atoms with Crippen LogP contribution in [0.4, 0.5) is 0 Å². The van der Waals surface area contributed by atoms with Crippen LogP contribution in [0.2, 0.25) is 0 Å². The van der Waals surface area contributed by atoms with E-state index in [2.05, 4.69) is 0 Å². The Kier molecular flexibility index (Phi) is 1.13. The van der Waals surface area contributed by atoms with Crippen LogP contribution in [-0.4, -0.2) is 5.11 Å². The number of aliphatic hydroxyl groups excluding tert-OH is 1. The molecular formula is C5H6O2. The molecule has 1 heterocycles. The van der Waals surface area contributed by atoms with Crippen molar-refractivity contribution in [3.63, 3.8) is 0 Å². The average molecular weight is 103 g/mol. The number of rotatable bonds is 1. The standard InChI is InChI=1S/C5H6O2/c6-4-5-2-1-3-7-5/h1-3,6H,4H2/i1+1,2+1,3+1,4+1,5+1. The predicted molar refractivity (Wildman–Crippen MR) is 24.6 cm³/mol. The van der Waals surface area contributed by atoms with Crippen molar-refractivity contribution in [3.05, 3.63) is 24.2 Å². The maximum atomic E-state index is 8.33. The molecule has 0 saturated carbocycles. The second kappa shape index (κ2) is 1.80. The van der Waals surface area contributed by atoms with Gasteiger partial charge in [0.25, 0.3) is 0 Å². The molecule has 1 aromatic rings. The lowest BCUT2D eigenvalue weighted by molar-refractivity contribution is 0.247. The number of furan rings is 1. The molecule has 1 rings (SSSR count). The first-order chi connectivity index (χ1) is 3.43. The van der Waals surface area contributed by atoms with Crippen molar-refractivity contribution in [1.82, 2.24) is 0 Å². The largest absolute Gasteiger partial charge is 0.467 e. The number of hydrogen-bond donors (Lipinski definition) is 1. The topological polar surface area (TPSA) is 33.4 Å². The molecule has 0 aliphatic rings. The van der Waals surface area contributed by atoms with Crippen LogP contribution < -0.4 is 0 Å². The van der Waals surface area contributed by atoms with Gasteiger partial charge in [0.15, 0.2) is 0 Å². The molecule has 0 aliphatic carbocycles. The summed E-state index contributed by atoms with van der Waals surface area (Å²) in [5.74, 6) is 0.611. The van der Waals surface area contributed by atoms with Gasteiger partial charge in [-0.1, -0.05) is 0 Å². The Hall–Kier alpha value is -0.760. The van der Waals surface area contributed by atoms with Crippen LogP contribution in [0.25, 0.3) is 0 Å². The third-order valence-electron chi connectivity index (χ3n) is 0.736. The van der Waals surface area contributed by atoms with E-state index in [1.165, 1.54) is 6.26 Å². The monoisotopic (exact) mass is 103 g/mol. The van der Waals surface area contributed by atoms with Gasteiger partial charge in [0, 0.05) is 0 Å². The second-order valence-electron chi connectivity index (χ2n) is 1.24. The first kappa shape index (κ1) is 4.40. The lowest BCUT2D eigenvalue weighted by atomic mass is 11.5. The summed E-state index contributed by atoms with van der Waals surface area (Å²) >= 11 is 0. The van der Waals surface area contributed by atoms with Crippen LogP contribution in [0.15, 0.2) is 22.8 Å². The van der Waals surface area contributed by atoms with Gasteiger partial charge in [-0.2, -0.15) is 0 Å². The maximum Gasteiger partial charge on any atom is 0.129 e. The summed E-state index contributed by atoms with van der Waals surface area (Å²) in [6, 6.07) is 3.46. The Bertz CT molecular complexity index is 121. The van der Waals surface area contributed by atoms with E-state index < -0.39 is 0 Å². The fourth-order valence-corrected chi connectivity index (χ4v) is 0.403. The Morgan fingerprint density at radius 2 is 2.57 bits per heavy atom. The minimum Gasteiger partial charge on any atom is -0.467 e. The molecule has 0 amide bonds. The molecule has 0 saturated heterocycles. The zero-order chi connectivity index (χ0) is 5.11. The molecule has 0 radical (unpaired) electrons. The molecule has 0 spiro atoms. The van der Waals surface area contributed by atoms with Crippen LogP contribution in [0.1, 0.15) is 5.76 Å². The summed E-state index contributed by atoms with van der Waals surface area (Å²) in [6.45, 7) is -0.00694. The Morgan fingerprint density at radius 3 is 2.86 bits per heavy atom. The summed E-state index contributed by atoms with van der Waals surface area (Å²) in [5, 5.41) is 8.33. The summed E-state index contributed by atoms with van der Waals surface area (Å²) in [4.78, 5) is 0. The normalized spacial score (nSPS) is 9.29. The van der Waals surface area contributed by atoms with Crippen LogP contribution in [0, 0.1) is 0 Å². The molecule has 1 N–H and O–H groups in total. The van der Waals surface area contributed by atoms with Gasteiger partial charge in [-0.3, -0.25) is 0 Å². The van der Waals surface area contributed by atoms with Crippen molar-refractivity contribution < 1.29 is 9.52 Å². The molecule has 2 nitrogen and oxygen atoms in total. The van der Waals surface area contributed by atoms with E-state index in [1.807, 2.05) is 0 Å². The van der Waals surface area contributed by atoms with Crippen molar-refractivity contribution in [2.75, 3.05) is 0 Å². The highest BCUT2D eigenvalue weighted by Gasteiger charge is 1.85. The van der Waals surface area contributed by atoms with E-state index >= 15 is 0 Å². The quantitative estimate of drug-likeness (QED) is 0.532. The Labute approximate surface area is 41.4 Å². The van der Waals surface area contributed by atoms with Crippen LogP contribution in [-0.2, 0) is 6.61 Å². The van der Waals surface area contributed by atoms with E-state index in [-0.39, 0.29) is 6.61 Å². The van der Waals surface area contributed by atoms with Gasteiger partial charge in [0.05, 0.1) is 6.26 Å². The summed E-state index contributed by atoms with van der Waals surface area (Å²) in [6.07, 6.45) is 1.53. The van der Waals surface area contributed by atoms with Crippen LogP contribution in [0.5, 0.6) is 0 Å². The highest BCUT2D eigenvalue weighted by atomic mass is 16.5. The van der Waals surface area contributed by atoms with Crippen LogP contribution >= 0.6 is 0 Å². The number of aliphatic hydroxyl groups is 1. The average Bonchev–Trinajstić information content (AvgIpc) is 2.14. The smallest absolute Gasteiger partial charge is 0.129 e. The third kappa shape index (κ3) is 0.810. The van der Waals surface area contributed by atoms with E-state index in [0.717, 1.165) is 0 Å². The molecule has 7 heavy (non-hydrogen) atoms. The minimum atomic E-state index is -0.00694. The molecule has 38 valence electrons. The Morgan fingerprint density at radius 1 is 1.71 bits per heavy atom. The summed E-state index contributed by atoms with van der Waals surface area (Å²) in [5.41, 5.74) is 0. The third-order valence-corrected chi connectivity index (χ3v) is 0.736. The van der Waals surface area contributed by atoms with Gasteiger partial charge in [-0.15, -0.1) is 0 Å². The van der Waals surface area contributed by atoms with Crippen molar-refractivity contribution in [2.45, 2.75) is 6.61 Å². The molecule has 0 unspecified atom stereocenters. The van der Waals surface area contributed by atoms with E-state index in [4.69, 9.17) is 9.52 Å². The summed E-state index contributed by atoms with van der Waals surface area (Å²) < 4.78 is 4.73. The fourth-order valence-electron chi connectivity index (χ4n) is 0.403. The van der Waals surface area contributed by atoms with Gasteiger partial charge in [-0.25, -0.2) is 0 Å². The van der Waals surface area contributed by atoms with Crippen LogP contribution in [0.3, 0.4) is 0 Å². The maximum absolute atomic E-state index is 8.33. The molecule has 0 aromatic carbocycles. The fraction of sp³-hybridized carbons (Fsp3) is 0.200. The number of hydrogen-bond acceptors (Lipinski definition) is 2. The minimum absolute atomic E-state index is 0.00694. The molecular weight excluding hydrogens is 97.0 g/mol. The van der Waals surface area contributed by atoms with Crippen molar-refractivity contribution >= 4 is 0 Å². The van der Waals surface area contributed by atoms with Gasteiger partial charge in [0.1, 0.15) is 12.4 Å². The van der Waals surface area contributed by atoms with Crippen molar-refractivity contribution in [2.24, 2.45) is 0 Å². The lowest BCUT2D eigenvalue weighted by Gasteiger charge is -1.79. The highest BCUT2D eigenvalue weighted by molar-refractivity contribution is 4.95. The van der Waals surface area contributed by atoms with Gasteiger partial charge >= 0.3 is 0 Å². The first-order valence-electron chi connectivity index (χ1n) is 2.06. The zero-order valence-electron chi connectivity index (χ0n) is 3.79. The molecule has 0 bridgehead atoms. The van der Waals surface area contributed by atoms with E-state index in [0.29, 0.717) is 5.76 Å². The molecule has 2 heteroatoms. The van der Waals surface area contributed by atoms with Gasteiger partial charge < -0.3 is 9.52 Å². The van der Waals surface area contributed by atoms with E-state index in [9.17, 15) is 0 Å². The van der Waals surface area contributed by atoms with Crippen molar-refractivity contribution in [1.29, 1.82) is 0 Å².